The molecule has 0 aliphatic heterocycles. The Morgan fingerprint density at radius 3 is 2.57 bits per heavy atom. The molecule has 0 aromatic heterocycles. The van der Waals surface area contributed by atoms with Crippen LogP contribution in [0.5, 0.6) is 0 Å². The summed E-state index contributed by atoms with van der Waals surface area (Å²) in [6, 6.07) is 10.8. The largest absolute Gasteiger partial charge is 0.379 e. The third-order valence-corrected chi connectivity index (χ3v) is 3.66. The lowest BCUT2D eigenvalue weighted by atomic mass is 10.2. The number of halogens is 1. The lowest BCUT2D eigenvalue weighted by Gasteiger charge is -2.16. The molecule has 23 heavy (non-hydrogen) atoms. The quantitative estimate of drug-likeness (QED) is 0.267. The smallest absolute Gasteiger partial charge is 0.191 e. The molecule has 0 bridgehead atoms. The van der Waals surface area contributed by atoms with Crippen molar-refractivity contribution in [1.82, 2.24) is 4.90 Å². The molecule has 1 fully saturated rings. The van der Waals surface area contributed by atoms with E-state index in [9.17, 15) is 0 Å². The van der Waals surface area contributed by atoms with Crippen molar-refractivity contribution in [3.05, 3.63) is 35.9 Å². The number of rotatable bonds is 10. The number of hydrogen-bond donors (Lipinski definition) is 1. The van der Waals surface area contributed by atoms with E-state index in [0.29, 0.717) is 45.0 Å². The molecular weight excluding hydrogens is 405 g/mol. The van der Waals surface area contributed by atoms with Crippen LogP contribution in [-0.2, 0) is 16.1 Å². The molecule has 0 unspecified atom stereocenters. The number of ether oxygens (including phenoxy) is 2. The van der Waals surface area contributed by atoms with E-state index in [0.717, 1.165) is 6.42 Å². The normalized spacial score (nSPS) is 14.4. The van der Waals surface area contributed by atoms with Crippen molar-refractivity contribution < 1.29 is 9.47 Å². The van der Waals surface area contributed by atoms with E-state index in [1.165, 1.54) is 18.4 Å². The Kier molecular flexibility index (Phi) is 10.2. The molecule has 0 heterocycles. The SMILES string of the molecule is CN(C(N)=NCCCOCCOCc1ccccc1)C1CC1.I. The van der Waals surface area contributed by atoms with Crippen LogP contribution >= 0.6 is 24.0 Å². The molecule has 0 saturated heterocycles. The molecule has 2 rings (SSSR count). The lowest BCUT2D eigenvalue weighted by molar-refractivity contribution is 0.0403. The minimum atomic E-state index is 0. The summed E-state index contributed by atoms with van der Waals surface area (Å²) in [7, 11) is 2.01. The fourth-order valence-electron chi connectivity index (χ4n) is 2.10. The van der Waals surface area contributed by atoms with E-state index in [1.807, 2.05) is 25.2 Å². The van der Waals surface area contributed by atoms with Gasteiger partial charge in [0.05, 0.1) is 19.8 Å². The molecule has 0 atom stereocenters. The summed E-state index contributed by atoms with van der Waals surface area (Å²) in [5, 5.41) is 0. The molecule has 1 saturated carbocycles. The molecule has 1 aromatic carbocycles. The van der Waals surface area contributed by atoms with Gasteiger partial charge >= 0.3 is 0 Å². The van der Waals surface area contributed by atoms with Gasteiger partial charge in [-0.2, -0.15) is 0 Å². The summed E-state index contributed by atoms with van der Waals surface area (Å²) in [5.74, 6) is 0.647. The Bertz CT molecular complexity index is 452. The van der Waals surface area contributed by atoms with Crippen molar-refractivity contribution in [1.29, 1.82) is 0 Å². The van der Waals surface area contributed by atoms with E-state index in [2.05, 4.69) is 22.0 Å². The van der Waals surface area contributed by atoms with E-state index in [4.69, 9.17) is 15.2 Å². The third kappa shape index (κ3) is 8.53. The summed E-state index contributed by atoms with van der Waals surface area (Å²) < 4.78 is 11.1. The van der Waals surface area contributed by atoms with Crippen molar-refractivity contribution in [2.75, 3.05) is 33.4 Å². The summed E-state index contributed by atoms with van der Waals surface area (Å²) in [6.07, 6.45) is 3.36. The molecule has 0 amide bonds. The molecule has 6 heteroatoms. The number of nitrogens with two attached hydrogens (primary N) is 1. The number of aliphatic imine (C=N–C) groups is 1. The average Bonchev–Trinajstić information content (AvgIpc) is 3.38. The van der Waals surface area contributed by atoms with Gasteiger partial charge in [0.2, 0.25) is 0 Å². The Hall–Kier alpha value is -0.860. The molecule has 0 spiro atoms. The first-order chi connectivity index (χ1) is 10.8. The second-order valence-electron chi connectivity index (χ2n) is 5.59. The van der Waals surface area contributed by atoms with Crippen molar-refractivity contribution in [3.8, 4) is 0 Å². The zero-order valence-electron chi connectivity index (χ0n) is 13.8. The molecular formula is C17H28IN3O2. The van der Waals surface area contributed by atoms with Gasteiger partial charge in [0.15, 0.2) is 5.96 Å². The molecule has 1 aromatic rings. The summed E-state index contributed by atoms with van der Waals surface area (Å²) in [5.41, 5.74) is 7.10. The summed E-state index contributed by atoms with van der Waals surface area (Å²) >= 11 is 0. The van der Waals surface area contributed by atoms with Crippen molar-refractivity contribution in [2.45, 2.75) is 31.9 Å². The predicted molar refractivity (Wildman–Crippen MR) is 104 cm³/mol. The maximum atomic E-state index is 5.91. The third-order valence-electron chi connectivity index (χ3n) is 3.66. The molecule has 1 aliphatic carbocycles. The van der Waals surface area contributed by atoms with Crippen LogP contribution in [0.15, 0.2) is 35.3 Å². The highest BCUT2D eigenvalue weighted by Gasteiger charge is 2.27. The van der Waals surface area contributed by atoms with Crippen LogP contribution in [0.4, 0.5) is 0 Å². The van der Waals surface area contributed by atoms with Gasteiger partial charge in [-0.15, -0.1) is 24.0 Å². The monoisotopic (exact) mass is 433 g/mol. The van der Waals surface area contributed by atoms with Gasteiger partial charge in [0.25, 0.3) is 0 Å². The average molecular weight is 433 g/mol. The van der Waals surface area contributed by atoms with Crippen LogP contribution in [0.1, 0.15) is 24.8 Å². The highest BCUT2D eigenvalue weighted by atomic mass is 127. The zero-order valence-corrected chi connectivity index (χ0v) is 16.1. The fourth-order valence-corrected chi connectivity index (χ4v) is 2.10. The fraction of sp³-hybridized carbons (Fsp3) is 0.588. The zero-order chi connectivity index (χ0) is 15.6. The van der Waals surface area contributed by atoms with Crippen molar-refractivity contribution >= 4 is 29.9 Å². The van der Waals surface area contributed by atoms with E-state index < -0.39 is 0 Å². The molecule has 130 valence electrons. The first-order valence-corrected chi connectivity index (χ1v) is 7.99. The first-order valence-electron chi connectivity index (χ1n) is 7.99. The number of nitrogens with zero attached hydrogens (tertiary/aromatic N) is 2. The molecule has 2 N–H and O–H groups in total. The van der Waals surface area contributed by atoms with Gasteiger partial charge in [-0.05, 0) is 24.8 Å². The second kappa shape index (κ2) is 11.6. The standard InChI is InChI=1S/C17H27N3O2.HI/c1-20(16-8-9-16)17(18)19-10-5-11-21-12-13-22-14-15-6-3-2-4-7-15;/h2-4,6-7,16H,5,8-14H2,1H3,(H2,18,19);1H. The Balaban J connectivity index is 0.00000264. The van der Waals surface area contributed by atoms with Crippen LogP contribution in [-0.4, -0.2) is 50.3 Å². The number of hydrogen-bond acceptors (Lipinski definition) is 3. The van der Waals surface area contributed by atoms with E-state index >= 15 is 0 Å². The number of guanidine groups is 1. The topological polar surface area (TPSA) is 60.1 Å². The van der Waals surface area contributed by atoms with Crippen molar-refractivity contribution in [3.63, 3.8) is 0 Å². The molecule has 5 nitrogen and oxygen atoms in total. The number of benzene rings is 1. The molecule has 1 aliphatic rings. The van der Waals surface area contributed by atoms with Gasteiger partial charge < -0.3 is 20.1 Å². The second-order valence-corrected chi connectivity index (χ2v) is 5.59. The highest BCUT2D eigenvalue weighted by molar-refractivity contribution is 14.0. The summed E-state index contributed by atoms with van der Waals surface area (Å²) in [4.78, 5) is 6.44. The Morgan fingerprint density at radius 2 is 1.87 bits per heavy atom. The van der Waals surface area contributed by atoms with Crippen LogP contribution in [0, 0.1) is 0 Å². The van der Waals surface area contributed by atoms with Crippen LogP contribution in [0.3, 0.4) is 0 Å². The van der Waals surface area contributed by atoms with Crippen LogP contribution < -0.4 is 5.73 Å². The van der Waals surface area contributed by atoms with Gasteiger partial charge in [-0.25, -0.2) is 0 Å². The van der Waals surface area contributed by atoms with Crippen LogP contribution in [0.25, 0.3) is 0 Å². The van der Waals surface area contributed by atoms with E-state index in [-0.39, 0.29) is 24.0 Å². The van der Waals surface area contributed by atoms with Gasteiger partial charge in [0.1, 0.15) is 0 Å². The van der Waals surface area contributed by atoms with Crippen LogP contribution in [0.2, 0.25) is 0 Å². The van der Waals surface area contributed by atoms with Crippen molar-refractivity contribution in [2.24, 2.45) is 10.7 Å². The summed E-state index contributed by atoms with van der Waals surface area (Å²) in [6.45, 7) is 3.28. The van der Waals surface area contributed by atoms with Gasteiger partial charge in [0, 0.05) is 26.2 Å². The highest BCUT2D eigenvalue weighted by Crippen LogP contribution is 2.24. The first kappa shape index (κ1) is 20.2. The Morgan fingerprint density at radius 1 is 1.17 bits per heavy atom. The predicted octanol–water partition coefficient (Wildman–Crippen LogP) is 2.64. The minimum absolute atomic E-state index is 0. The minimum Gasteiger partial charge on any atom is -0.379 e. The maximum Gasteiger partial charge on any atom is 0.191 e. The molecule has 0 radical (unpaired) electrons. The Labute approximate surface area is 156 Å². The van der Waals surface area contributed by atoms with E-state index in [1.54, 1.807) is 0 Å². The lowest BCUT2D eigenvalue weighted by Crippen LogP contribution is -2.35. The van der Waals surface area contributed by atoms with Gasteiger partial charge in [-0.1, -0.05) is 30.3 Å². The maximum absolute atomic E-state index is 5.91. The van der Waals surface area contributed by atoms with Gasteiger partial charge in [-0.3, -0.25) is 4.99 Å².